The number of carboxylic acid groups (broad SMARTS) is 1. The summed E-state index contributed by atoms with van der Waals surface area (Å²) in [7, 11) is 0. The largest absolute Gasteiger partial charge is 0.478 e. The maximum Gasteiger partial charge on any atom is 0.337 e. The molecule has 2 aromatic rings. The van der Waals surface area contributed by atoms with Crippen LogP contribution in [0.3, 0.4) is 0 Å². The smallest absolute Gasteiger partial charge is 0.337 e. The molecule has 0 atom stereocenters. The molecule has 2 rings (SSSR count). The second kappa shape index (κ2) is 6.22. The average molecular weight is 283 g/mol. The predicted molar refractivity (Wildman–Crippen MR) is 81.7 cm³/mol. The highest BCUT2D eigenvalue weighted by molar-refractivity contribution is 6.01. The zero-order chi connectivity index (χ0) is 15.4. The number of benzene rings is 2. The molecule has 0 aromatic heterocycles. The third kappa shape index (κ3) is 3.69. The number of amides is 1. The molecule has 0 aliphatic heterocycles. The Labute approximate surface area is 123 Å². The number of para-hydroxylation sites is 1. The van der Waals surface area contributed by atoms with Crippen LogP contribution < -0.4 is 5.32 Å². The maximum atomic E-state index is 12.1. The van der Waals surface area contributed by atoms with Crippen molar-refractivity contribution in [3.8, 4) is 0 Å². The lowest BCUT2D eigenvalue weighted by molar-refractivity contribution is -0.115. The average Bonchev–Trinajstić information content (AvgIpc) is 2.43. The molecule has 0 radical (unpaired) electrons. The summed E-state index contributed by atoms with van der Waals surface area (Å²) < 4.78 is 0. The second-order valence-corrected chi connectivity index (χ2v) is 5.01. The minimum Gasteiger partial charge on any atom is -0.478 e. The summed E-state index contributed by atoms with van der Waals surface area (Å²) in [6.45, 7) is 3.75. The van der Waals surface area contributed by atoms with E-state index in [1.807, 2.05) is 31.2 Å². The van der Waals surface area contributed by atoms with Crippen LogP contribution in [0.4, 0.5) is 5.69 Å². The Morgan fingerprint density at radius 2 is 1.71 bits per heavy atom. The van der Waals surface area contributed by atoms with E-state index in [4.69, 9.17) is 0 Å². The fourth-order valence-electron chi connectivity index (χ4n) is 2.09. The summed E-state index contributed by atoms with van der Waals surface area (Å²) in [6, 6.07) is 12.6. The topological polar surface area (TPSA) is 66.4 Å². The molecule has 0 aliphatic rings. The minimum absolute atomic E-state index is 0.104. The Hall–Kier alpha value is -2.62. The van der Waals surface area contributed by atoms with Gasteiger partial charge >= 0.3 is 5.97 Å². The van der Waals surface area contributed by atoms with Gasteiger partial charge in [-0.05, 0) is 31.0 Å². The van der Waals surface area contributed by atoms with Crippen LogP contribution in [-0.2, 0) is 11.2 Å². The van der Waals surface area contributed by atoms with Crippen molar-refractivity contribution < 1.29 is 14.7 Å². The van der Waals surface area contributed by atoms with Crippen molar-refractivity contribution in [3.63, 3.8) is 0 Å². The molecule has 0 spiro atoms. The number of nitrogens with one attached hydrogen (secondary N) is 1. The summed E-state index contributed by atoms with van der Waals surface area (Å²) in [5.41, 5.74) is 3.22. The Balaban J connectivity index is 2.16. The van der Waals surface area contributed by atoms with E-state index in [1.165, 1.54) is 6.07 Å². The van der Waals surface area contributed by atoms with Gasteiger partial charge in [-0.3, -0.25) is 4.79 Å². The molecule has 4 heteroatoms. The van der Waals surface area contributed by atoms with Crippen LogP contribution in [0.2, 0.25) is 0 Å². The van der Waals surface area contributed by atoms with Crippen molar-refractivity contribution in [2.75, 3.05) is 5.32 Å². The van der Waals surface area contributed by atoms with E-state index in [1.54, 1.807) is 19.1 Å². The highest BCUT2D eigenvalue weighted by Crippen LogP contribution is 2.21. The molecule has 0 saturated heterocycles. The molecule has 0 bridgehead atoms. The fourth-order valence-corrected chi connectivity index (χ4v) is 2.09. The predicted octanol–water partition coefficient (Wildman–Crippen LogP) is 3.18. The Morgan fingerprint density at radius 1 is 1.05 bits per heavy atom. The molecule has 0 saturated carbocycles. The van der Waals surface area contributed by atoms with Gasteiger partial charge in [0.2, 0.25) is 5.91 Å². The highest BCUT2D eigenvalue weighted by Gasteiger charge is 2.14. The number of carbonyl (C=O) groups is 2. The van der Waals surface area contributed by atoms with Gasteiger partial charge in [0, 0.05) is 0 Å². The summed E-state index contributed by atoms with van der Waals surface area (Å²) in [5, 5.41) is 11.9. The quantitative estimate of drug-likeness (QED) is 0.905. The van der Waals surface area contributed by atoms with Gasteiger partial charge in [-0.2, -0.15) is 0 Å². The summed E-state index contributed by atoms with van der Waals surface area (Å²) in [5.74, 6) is -1.28. The second-order valence-electron chi connectivity index (χ2n) is 5.01. The van der Waals surface area contributed by atoms with Crippen LogP contribution >= 0.6 is 0 Å². The lowest BCUT2D eigenvalue weighted by Gasteiger charge is -2.11. The fraction of sp³-hybridized carbons (Fsp3) is 0.176. The Morgan fingerprint density at radius 3 is 2.33 bits per heavy atom. The van der Waals surface area contributed by atoms with Crippen LogP contribution in [0, 0.1) is 13.8 Å². The van der Waals surface area contributed by atoms with Crippen LogP contribution in [0.25, 0.3) is 0 Å². The van der Waals surface area contributed by atoms with Crippen LogP contribution in [0.15, 0.2) is 42.5 Å². The number of hydrogen-bond donors (Lipinski definition) is 2. The van der Waals surface area contributed by atoms with Crippen molar-refractivity contribution in [2.24, 2.45) is 0 Å². The van der Waals surface area contributed by atoms with Crippen molar-refractivity contribution in [2.45, 2.75) is 20.3 Å². The molecular weight excluding hydrogens is 266 g/mol. The third-order valence-electron chi connectivity index (χ3n) is 3.25. The van der Waals surface area contributed by atoms with Gasteiger partial charge in [0.25, 0.3) is 0 Å². The zero-order valence-corrected chi connectivity index (χ0v) is 12.0. The molecule has 2 aromatic carbocycles. The van der Waals surface area contributed by atoms with Crippen LogP contribution in [-0.4, -0.2) is 17.0 Å². The molecule has 108 valence electrons. The van der Waals surface area contributed by atoms with Gasteiger partial charge in [-0.25, -0.2) is 4.79 Å². The van der Waals surface area contributed by atoms with E-state index >= 15 is 0 Å². The summed E-state index contributed by atoms with van der Waals surface area (Å²) >= 11 is 0. The minimum atomic E-state index is -1.05. The number of rotatable bonds is 4. The van der Waals surface area contributed by atoms with E-state index in [0.717, 1.165) is 16.7 Å². The third-order valence-corrected chi connectivity index (χ3v) is 3.25. The summed E-state index contributed by atoms with van der Waals surface area (Å²) in [6.07, 6.45) is 0.216. The number of aromatic carboxylic acids is 1. The molecule has 0 unspecified atom stereocenters. The first-order valence-electron chi connectivity index (χ1n) is 6.65. The number of carboxylic acids is 1. The van der Waals surface area contributed by atoms with Crippen molar-refractivity contribution >= 4 is 17.6 Å². The Kier molecular flexibility index (Phi) is 4.38. The number of carbonyl (C=O) groups excluding carboxylic acids is 1. The SMILES string of the molecule is Cc1ccc(CC(=O)Nc2c(C)cccc2C(=O)O)cc1. The first kappa shape index (κ1) is 14.8. The van der Waals surface area contributed by atoms with Gasteiger partial charge in [-0.15, -0.1) is 0 Å². The maximum absolute atomic E-state index is 12.1. The molecular formula is C17H17NO3. The molecule has 0 fully saturated rings. The number of anilines is 1. The lowest BCUT2D eigenvalue weighted by Crippen LogP contribution is -2.17. The van der Waals surface area contributed by atoms with Gasteiger partial charge in [-0.1, -0.05) is 42.0 Å². The molecule has 0 aliphatic carbocycles. The number of hydrogen-bond acceptors (Lipinski definition) is 2. The normalized spacial score (nSPS) is 10.2. The standard InChI is InChI=1S/C17H17NO3/c1-11-6-8-13(9-7-11)10-15(19)18-16-12(2)4-3-5-14(16)17(20)21/h3-9H,10H2,1-2H3,(H,18,19)(H,20,21). The zero-order valence-electron chi connectivity index (χ0n) is 12.0. The summed E-state index contributed by atoms with van der Waals surface area (Å²) in [4.78, 5) is 23.3. The van der Waals surface area contributed by atoms with Gasteiger partial charge in [0.05, 0.1) is 17.7 Å². The molecule has 2 N–H and O–H groups in total. The van der Waals surface area contributed by atoms with E-state index in [9.17, 15) is 14.7 Å². The highest BCUT2D eigenvalue weighted by atomic mass is 16.4. The number of aryl methyl sites for hydroxylation is 2. The molecule has 21 heavy (non-hydrogen) atoms. The van der Waals surface area contributed by atoms with Gasteiger partial charge in [0.1, 0.15) is 0 Å². The first-order valence-corrected chi connectivity index (χ1v) is 6.65. The van der Waals surface area contributed by atoms with Crippen LogP contribution in [0.5, 0.6) is 0 Å². The Bertz CT molecular complexity index is 675. The van der Waals surface area contributed by atoms with Crippen molar-refractivity contribution in [3.05, 3.63) is 64.7 Å². The molecule has 1 amide bonds. The van der Waals surface area contributed by atoms with E-state index in [-0.39, 0.29) is 17.9 Å². The van der Waals surface area contributed by atoms with E-state index < -0.39 is 5.97 Å². The molecule has 0 heterocycles. The molecule has 4 nitrogen and oxygen atoms in total. The first-order chi connectivity index (χ1) is 9.97. The van der Waals surface area contributed by atoms with Gasteiger partial charge < -0.3 is 10.4 Å². The van der Waals surface area contributed by atoms with Crippen LogP contribution in [0.1, 0.15) is 27.0 Å². The monoisotopic (exact) mass is 283 g/mol. The van der Waals surface area contributed by atoms with Crippen molar-refractivity contribution in [1.29, 1.82) is 0 Å². The van der Waals surface area contributed by atoms with E-state index in [0.29, 0.717) is 5.69 Å². The van der Waals surface area contributed by atoms with Gasteiger partial charge in [0.15, 0.2) is 0 Å². The lowest BCUT2D eigenvalue weighted by atomic mass is 10.1. The van der Waals surface area contributed by atoms with Crippen molar-refractivity contribution in [1.82, 2.24) is 0 Å². The van der Waals surface area contributed by atoms with E-state index in [2.05, 4.69) is 5.32 Å².